The van der Waals surface area contributed by atoms with Gasteiger partial charge in [-0.3, -0.25) is 4.79 Å². The van der Waals surface area contributed by atoms with Gasteiger partial charge in [0.25, 0.3) is 0 Å². The Morgan fingerprint density at radius 1 is 1.28 bits per heavy atom. The fourth-order valence-corrected chi connectivity index (χ4v) is 3.10. The maximum absolute atomic E-state index is 13.0. The molecule has 0 N–H and O–H groups in total. The van der Waals surface area contributed by atoms with Crippen LogP contribution in [0.2, 0.25) is 0 Å². The Kier molecular flexibility index (Phi) is 5.66. The monoisotopic (exact) mass is 342 g/mol. The molecule has 2 aromatic rings. The summed E-state index contributed by atoms with van der Waals surface area (Å²) in [5.41, 5.74) is 0.802. The Hall–Kier alpha value is -2.40. The SMILES string of the molecule is CN1CCC(N(Cc2ccco2)C(=O)/C=C/c2ccc(F)cc2)CC1. The number of carbonyl (C=O) groups is 1. The molecule has 1 aromatic carbocycles. The molecule has 1 aliphatic rings. The zero-order valence-corrected chi connectivity index (χ0v) is 14.4. The zero-order valence-electron chi connectivity index (χ0n) is 14.4. The number of furan rings is 1. The van der Waals surface area contributed by atoms with Crippen LogP contribution in [0.15, 0.2) is 53.2 Å². The first-order chi connectivity index (χ1) is 12.1. The highest BCUT2D eigenvalue weighted by molar-refractivity contribution is 5.92. The van der Waals surface area contributed by atoms with Crippen LogP contribution in [-0.2, 0) is 11.3 Å². The summed E-state index contributed by atoms with van der Waals surface area (Å²) in [6, 6.07) is 10.0. The van der Waals surface area contributed by atoms with Crippen LogP contribution in [0.25, 0.3) is 6.08 Å². The Morgan fingerprint density at radius 3 is 2.64 bits per heavy atom. The number of piperidine rings is 1. The van der Waals surface area contributed by atoms with E-state index in [1.165, 1.54) is 12.1 Å². The largest absolute Gasteiger partial charge is 0.467 e. The van der Waals surface area contributed by atoms with E-state index in [0.29, 0.717) is 6.54 Å². The van der Waals surface area contributed by atoms with Crippen LogP contribution >= 0.6 is 0 Å². The molecular formula is C20H23FN2O2. The first kappa shape index (κ1) is 17.4. The van der Waals surface area contributed by atoms with E-state index >= 15 is 0 Å². The van der Waals surface area contributed by atoms with Crippen LogP contribution in [-0.4, -0.2) is 41.9 Å². The molecular weight excluding hydrogens is 319 g/mol. The molecule has 3 rings (SSSR count). The molecule has 5 heteroatoms. The number of halogens is 1. The van der Waals surface area contributed by atoms with Crippen molar-refractivity contribution in [3.8, 4) is 0 Å². The average Bonchev–Trinajstić information content (AvgIpc) is 3.13. The predicted octanol–water partition coefficient (Wildman–Crippen LogP) is 3.55. The smallest absolute Gasteiger partial charge is 0.247 e. The number of likely N-dealkylation sites (tertiary alicyclic amines) is 1. The Bertz CT molecular complexity index is 702. The summed E-state index contributed by atoms with van der Waals surface area (Å²) in [6.07, 6.45) is 6.82. The van der Waals surface area contributed by atoms with Crippen molar-refractivity contribution in [2.24, 2.45) is 0 Å². The molecule has 0 bridgehead atoms. The van der Waals surface area contributed by atoms with Crippen LogP contribution in [0.5, 0.6) is 0 Å². The molecule has 1 amide bonds. The highest BCUT2D eigenvalue weighted by Crippen LogP contribution is 2.19. The molecule has 0 unspecified atom stereocenters. The predicted molar refractivity (Wildman–Crippen MR) is 95.2 cm³/mol. The summed E-state index contributed by atoms with van der Waals surface area (Å²) in [5, 5.41) is 0. The lowest BCUT2D eigenvalue weighted by molar-refractivity contribution is -0.130. The van der Waals surface area contributed by atoms with Crippen LogP contribution in [0.3, 0.4) is 0 Å². The molecule has 1 saturated heterocycles. The standard InChI is InChI=1S/C20H23FN2O2/c1-22-12-10-18(11-13-22)23(15-19-3-2-14-25-19)20(24)9-6-16-4-7-17(21)8-5-16/h2-9,14,18H,10-13,15H2,1H3/b9-6+. The lowest BCUT2D eigenvalue weighted by atomic mass is 10.0. The zero-order chi connectivity index (χ0) is 17.6. The number of rotatable bonds is 5. The highest BCUT2D eigenvalue weighted by Gasteiger charge is 2.26. The lowest BCUT2D eigenvalue weighted by Crippen LogP contribution is -2.45. The fraction of sp³-hybridized carbons (Fsp3) is 0.350. The van der Waals surface area contributed by atoms with E-state index in [2.05, 4.69) is 11.9 Å². The van der Waals surface area contributed by atoms with Gasteiger partial charge in [-0.2, -0.15) is 0 Å². The van der Waals surface area contributed by atoms with Gasteiger partial charge in [0.05, 0.1) is 12.8 Å². The van der Waals surface area contributed by atoms with Crippen molar-refractivity contribution >= 4 is 12.0 Å². The van der Waals surface area contributed by atoms with Crippen LogP contribution in [0, 0.1) is 5.82 Å². The maximum atomic E-state index is 13.0. The third-order valence-corrected chi connectivity index (χ3v) is 4.61. The van der Waals surface area contributed by atoms with Gasteiger partial charge in [-0.25, -0.2) is 4.39 Å². The maximum Gasteiger partial charge on any atom is 0.247 e. The van der Waals surface area contributed by atoms with E-state index in [1.54, 1.807) is 30.5 Å². The number of hydrogen-bond acceptors (Lipinski definition) is 3. The Balaban J connectivity index is 1.72. The van der Waals surface area contributed by atoms with E-state index in [-0.39, 0.29) is 17.8 Å². The van der Waals surface area contributed by atoms with Gasteiger partial charge in [-0.1, -0.05) is 12.1 Å². The van der Waals surface area contributed by atoms with Gasteiger partial charge in [-0.15, -0.1) is 0 Å². The highest BCUT2D eigenvalue weighted by atomic mass is 19.1. The molecule has 25 heavy (non-hydrogen) atoms. The average molecular weight is 342 g/mol. The molecule has 1 aromatic heterocycles. The molecule has 2 heterocycles. The van der Waals surface area contributed by atoms with Crippen LogP contribution in [0.4, 0.5) is 4.39 Å². The molecule has 0 aliphatic carbocycles. The van der Waals surface area contributed by atoms with Gasteiger partial charge < -0.3 is 14.2 Å². The van der Waals surface area contributed by atoms with Crippen molar-refractivity contribution in [2.45, 2.75) is 25.4 Å². The summed E-state index contributed by atoms with van der Waals surface area (Å²) in [7, 11) is 2.10. The van der Waals surface area contributed by atoms with Crippen LogP contribution < -0.4 is 0 Å². The minimum Gasteiger partial charge on any atom is -0.467 e. The van der Waals surface area contributed by atoms with Gasteiger partial charge in [-0.05, 0) is 68.9 Å². The third kappa shape index (κ3) is 4.79. The molecule has 1 fully saturated rings. The van der Waals surface area contributed by atoms with E-state index in [9.17, 15) is 9.18 Å². The second-order valence-corrected chi connectivity index (χ2v) is 6.46. The van der Waals surface area contributed by atoms with E-state index in [4.69, 9.17) is 4.42 Å². The van der Waals surface area contributed by atoms with Gasteiger partial charge >= 0.3 is 0 Å². The van der Waals surface area contributed by atoms with Gasteiger partial charge in [0, 0.05) is 12.1 Å². The van der Waals surface area contributed by atoms with Crippen molar-refractivity contribution in [2.75, 3.05) is 20.1 Å². The molecule has 1 aliphatic heterocycles. The summed E-state index contributed by atoms with van der Waals surface area (Å²) in [6.45, 7) is 2.43. The summed E-state index contributed by atoms with van der Waals surface area (Å²) in [4.78, 5) is 17.0. The van der Waals surface area contributed by atoms with E-state index < -0.39 is 0 Å². The first-order valence-electron chi connectivity index (χ1n) is 8.57. The van der Waals surface area contributed by atoms with Crippen molar-refractivity contribution < 1.29 is 13.6 Å². The summed E-state index contributed by atoms with van der Waals surface area (Å²) < 4.78 is 18.4. The third-order valence-electron chi connectivity index (χ3n) is 4.61. The van der Waals surface area contributed by atoms with Crippen molar-refractivity contribution in [1.29, 1.82) is 0 Å². The van der Waals surface area contributed by atoms with Gasteiger partial charge in [0.1, 0.15) is 11.6 Å². The second-order valence-electron chi connectivity index (χ2n) is 6.46. The number of amides is 1. The Morgan fingerprint density at radius 2 is 2.00 bits per heavy atom. The van der Waals surface area contributed by atoms with Gasteiger partial charge in [0.15, 0.2) is 0 Å². The molecule has 0 atom stereocenters. The topological polar surface area (TPSA) is 36.7 Å². The minimum absolute atomic E-state index is 0.0460. The van der Waals surface area contributed by atoms with Crippen molar-refractivity contribution in [1.82, 2.24) is 9.80 Å². The lowest BCUT2D eigenvalue weighted by Gasteiger charge is -2.36. The second kappa shape index (κ2) is 8.12. The quantitative estimate of drug-likeness (QED) is 0.780. The Labute approximate surface area is 147 Å². The molecule has 0 saturated carbocycles. The summed E-state index contributed by atoms with van der Waals surface area (Å²) in [5.74, 6) is 0.451. The number of nitrogens with zero attached hydrogens (tertiary/aromatic N) is 2. The molecule has 0 spiro atoms. The molecule has 4 nitrogen and oxygen atoms in total. The fourth-order valence-electron chi connectivity index (χ4n) is 3.10. The van der Waals surface area contributed by atoms with Crippen molar-refractivity contribution in [3.63, 3.8) is 0 Å². The van der Waals surface area contributed by atoms with Crippen molar-refractivity contribution in [3.05, 3.63) is 65.9 Å². The normalized spacial score (nSPS) is 16.4. The minimum atomic E-state index is -0.283. The van der Waals surface area contributed by atoms with E-state index in [0.717, 1.165) is 37.3 Å². The molecule has 0 radical (unpaired) electrons. The molecule has 132 valence electrons. The number of hydrogen-bond donors (Lipinski definition) is 0. The first-order valence-corrected chi connectivity index (χ1v) is 8.57. The number of benzene rings is 1. The van der Waals surface area contributed by atoms with Gasteiger partial charge in [0.2, 0.25) is 5.91 Å². The number of carbonyl (C=O) groups excluding carboxylic acids is 1. The summed E-state index contributed by atoms with van der Waals surface area (Å²) >= 11 is 0. The van der Waals surface area contributed by atoms with E-state index in [1.807, 2.05) is 17.0 Å². The van der Waals surface area contributed by atoms with Crippen LogP contribution in [0.1, 0.15) is 24.2 Å².